The summed E-state index contributed by atoms with van der Waals surface area (Å²) in [5, 5.41) is 0. The third kappa shape index (κ3) is 7.33. The molecule has 0 radical (unpaired) electrons. The highest BCUT2D eigenvalue weighted by Crippen LogP contribution is 2.51. The standard InChI is InChI=1S/C57H59N/c1-54(2,3)43-31-40(30-41(32-43)42-33-44(55(4,5)6)36-45(34-42)56(7,8)9)39-22-19-23-46(35-39)58(53-27-18-16-24-48(53)38-20-13-12-14-21-38)47-28-29-50-49-25-15-17-26-51(49)57(10,11)52(50)37-47/h12-37H,1-11H3. The van der Waals surface area contributed by atoms with Gasteiger partial charge in [0.15, 0.2) is 0 Å². The molecule has 1 heteroatoms. The van der Waals surface area contributed by atoms with Crippen LogP contribution in [-0.4, -0.2) is 0 Å². The molecule has 1 aliphatic rings. The zero-order chi connectivity index (χ0) is 41.2. The minimum atomic E-state index is -0.116. The fraction of sp³-hybridized carbons (Fsp3) is 0.263. The Morgan fingerprint density at radius 3 is 1.47 bits per heavy atom. The average Bonchev–Trinajstić information content (AvgIpc) is 3.43. The quantitative estimate of drug-likeness (QED) is 0.163. The zero-order valence-corrected chi connectivity index (χ0v) is 36.5. The molecule has 1 aliphatic carbocycles. The van der Waals surface area contributed by atoms with Crippen LogP contribution in [0, 0.1) is 0 Å². The molecule has 0 atom stereocenters. The van der Waals surface area contributed by atoms with Crippen LogP contribution in [0.2, 0.25) is 0 Å². The molecule has 0 bridgehead atoms. The smallest absolute Gasteiger partial charge is 0.0540 e. The Labute approximate surface area is 348 Å². The second kappa shape index (κ2) is 14.3. The molecule has 0 aliphatic heterocycles. The Balaban J connectivity index is 1.33. The van der Waals surface area contributed by atoms with Crippen LogP contribution in [0.5, 0.6) is 0 Å². The normalized spacial score (nSPS) is 13.6. The van der Waals surface area contributed by atoms with Gasteiger partial charge < -0.3 is 4.90 Å². The van der Waals surface area contributed by atoms with Crippen LogP contribution >= 0.6 is 0 Å². The SMILES string of the molecule is CC(C)(C)c1cc(-c2cccc(N(c3ccc4c(c3)C(C)(C)c3ccccc3-4)c3ccccc3-c3ccccc3)c2)cc(-c2cc(C(C)(C)C)cc(C(C)(C)C)c2)c1. The predicted octanol–water partition coefficient (Wildman–Crippen LogP) is 16.4. The first kappa shape index (κ1) is 39.2. The number of benzene rings is 7. The molecular weight excluding hydrogens is 699 g/mol. The van der Waals surface area contributed by atoms with E-state index in [1.165, 1.54) is 72.3 Å². The van der Waals surface area contributed by atoms with Gasteiger partial charge in [-0.3, -0.25) is 0 Å². The molecule has 0 unspecified atom stereocenters. The minimum Gasteiger partial charge on any atom is -0.310 e. The van der Waals surface area contributed by atoms with Crippen LogP contribution in [-0.2, 0) is 21.7 Å². The molecule has 0 heterocycles. The van der Waals surface area contributed by atoms with E-state index in [1.54, 1.807) is 0 Å². The average molecular weight is 758 g/mol. The van der Waals surface area contributed by atoms with E-state index < -0.39 is 0 Å². The third-order valence-electron chi connectivity index (χ3n) is 12.3. The van der Waals surface area contributed by atoms with Gasteiger partial charge in [-0.25, -0.2) is 0 Å². The molecular formula is C57H59N. The Kier molecular flexibility index (Phi) is 9.67. The van der Waals surface area contributed by atoms with Crippen molar-refractivity contribution in [3.05, 3.63) is 186 Å². The highest BCUT2D eigenvalue weighted by Gasteiger charge is 2.36. The number of rotatable bonds is 6. The van der Waals surface area contributed by atoms with E-state index in [2.05, 4.69) is 239 Å². The van der Waals surface area contributed by atoms with Gasteiger partial charge >= 0.3 is 0 Å². The number of hydrogen-bond acceptors (Lipinski definition) is 1. The first-order valence-corrected chi connectivity index (χ1v) is 21.0. The molecule has 0 spiro atoms. The Bertz CT molecular complexity index is 2600. The maximum absolute atomic E-state index is 2.47. The van der Waals surface area contributed by atoms with E-state index in [9.17, 15) is 0 Å². The number of para-hydroxylation sites is 1. The van der Waals surface area contributed by atoms with Crippen LogP contribution in [0.3, 0.4) is 0 Å². The molecule has 0 N–H and O–H groups in total. The number of nitrogens with zero attached hydrogens (tertiary/aromatic N) is 1. The second-order valence-corrected chi connectivity index (χ2v) is 20.0. The van der Waals surface area contributed by atoms with Gasteiger partial charge in [0.1, 0.15) is 0 Å². The number of hydrogen-bond donors (Lipinski definition) is 0. The molecule has 0 saturated heterocycles. The van der Waals surface area contributed by atoms with Gasteiger partial charge in [-0.1, -0.05) is 197 Å². The number of anilines is 3. The minimum absolute atomic E-state index is 0.0316. The summed E-state index contributed by atoms with van der Waals surface area (Å²) in [6.45, 7) is 25.7. The summed E-state index contributed by atoms with van der Waals surface area (Å²) in [5.41, 5.74) is 20.2. The van der Waals surface area contributed by atoms with Crippen molar-refractivity contribution in [2.45, 2.75) is 97.8 Å². The van der Waals surface area contributed by atoms with Crippen molar-refractivity contribution in [3.63, 3.8) is 0 Å². The summed E-state index contributed by atoms with van der Waals surface area (Å²) >= 11 is 0. The Morgan fingerprint density at radius 2 is 0.828 bits per heavy atom. The van der Waals surface area contributed by atoms with Gasteiger partial charge in [0.25, 0.3) is 0 Å². The van der Waals surface area contributed by atoms with Gasteiger partial charge in [-0.2, -0.15) is 0 Å². The monoisotopic (exact) mass is 757 g/mol. The first-order chi connectivity index (χ1) is 27.4. The van der Waals surface area contributed by atoms with Crippen molar-refractivity contribution in [1.29, 1.82) is 0 Å². The molecule has 0 saturated carbocycles. The molecule has 0 amide bonds. The first-order valence-electron chi connectivity index (χ1n) is 21.0. The van der Waals surface area contributed by atoms with Crippen LogP contribution in [0.15, 0.2) is 158 Å². The molecule has 0 aromatic heterocycles. The number of fused-ring (bicyclic) bond motifs is 3. The fourth-order valence-electron chi connectivity index (χ4n) is 8.67. The third-order valence-corrected chi connectivity index (χ3v) is 12.3. The van der Waals surface area contributed by atoms with E-state index in [-0.39, 0.29) is 21.7 Å². The summed E-state index contributed by atoms with van der Waals surface area (Å²) in [5.74, 6) is 0. The molecule has 7 aromatic carbocycles. The molecule has 1 nitrogen and oxygen atoms in total. The van der Waals surface area contributed by atoms with Gasteiger partial charge in [0.2, 0.25) is 0 Å². The van der Waals surface area contributed by atoms with E-state index in [0.29, 0.717) is 0 Å². The lowest BCUT2D eigenvalue weighted by Gasteiger charge is -2.30. The summed E-state index contributed by atoms with van der Waals surface area (Å²) in [7, 11) is 0. The lowest BCUT2D eigenvalue weighted by atomic mass is 9.78. The lowest BCUT2D eigenvalue weighted by molar-refractivity contribution is 0.569. The second-order valence-electron chi connectivity index (χ2n) is 20.0. The van der Waals surface area contributed by atoms with Crippen LogP contribution < -0.4 is 4.90 Å². The van der Waals surface area contributed by atoms with Gasteiger partial charge in [-0.15, -0.1) is 0 Å². The van der Waals surface area contributed by atoms with Gasteiger partial charge in [-0.05, 0) is 119 Å². The fourth-order valence-corrected chi connectivity index (χ4v) is 8.67. The highest BCUT2D eigenvalue weighted by molar-refractivity contribution is 5.91. The summed E-state index contributed by atoms with van der Waals surface area (Å²) in [6, 6.07) is 59.4. The molecule has 7 aromatic rings. The van der Waals surface area contributed by atoms with Crippen molar-refractivity contribution in [1.82, 2.24) is 0 Å². The molecule has 58 heavy (non-hydrogen) atoms. The maximum atomic E-state index is 2.47. The summed E-state index contributed by atoms with van der Waals surface area (Å²) in [4.78, 5) is 2.47. The maximum Gasteiger partial charge on any atom is 0.0540 e. The summed E-state index contributed by atoms with van der Waals surface area (Å²) < 4.78 is 0. The van der Waals surface area contributed by atoms with Gasteiger partial charge in [0.05, 0.1) is 5.69 Å². The van der Waals surface area contributed by atoms with Crippen LogP contribution in [0.1, 0.15) is 104 Å². The van der Waals surface area contributed by atoms with Crippen molar-refractivity contribution in [3.8, 4) is 44.5 Å². The lowest BCUT2D eigenvalue weighted by Crippen LogP contribution is -2.17. The highest BCUT2D eigenvalue weighted by atomic mass is 15.1. The van der Waals surface area contributed by atoms with Crippen LogP contribution in [0.25, 0.3) is 44.5 Å². The van der Waals surface area contributed by atoms with E-state index in [1.807, 2.05) is 0 Å². The molecule has 0 fully saturated rings. The van der Waals surface area contributed by atoms with E-state index >= 15 is 0 Å². The Morgan fingerprint density at radius 1 is 0.345 bits per heavy atom. The zero-order valence-electron chi connectivity index (χ0n) is 36.5. The summed E-state index contributed by atoms with van der Waals surface area (Å²) in [6.07, 6.45) is 0. The van der Waals surface area contributed by atoms with Crippen molar-refractivity contribution < 1.29 is 0 Å². The molecule has 8 rings (SSSR count). The van der Waals surface area contributed by atoms with Crippen molar-refractivity contribution >= 4 is 17.1 Å². The van der Waals surface area contributed by atoms with E-state index in [4.69, 9.17) is 0 Å². The van der Waals surface area contributed by atoms with Crippen molar-refractivity contribution in [2.75, 3.05) is 4.90 Å². The molecule has 292 valence electrons. The van der Waals surface area contributed by atoms with Crippen molar-refractivity contribution in [2.24, 2.45) is 0 Å². The van der Waals surface area contributed by atoms with Gasteiger partial charge in [0, 0.05) is 22.4 Å². The predicted molar refractivity (Wildman–Crippen MR) is 251 cm³/mol. The Hall–Kier alpha value is -5.66. The largest absolute Gasteiger partial charge is 0.310 e. The van der Waals surface area contributed by atoms with Crippen LogP contribution in [0.4, 0.5) is 17.1 Å². The topological polar surface area (TPSA) is 3.24 Å². The van der Waals surface area contributed by atoms with E-state index in [0.717, 1.165) is 17.1 Å².